The van der Waals surface area contributed by atoms with Gasteiger partial charge in [-0.25, -0.2) is 18.4 Å². The van der Waals surface area contributed by atoms with Crippen LogP contribution >= 0.6 is 0 Å². The van der Waals surface area contributed by atoms with Gasteiger partial charge in [-0.2, -0.15) is 5.10 Å². The molecule has 0 radical (unpaired) electrons. The van der Waals surface area contributed by atoms with Crippen LogP contribution in [0, 0.1) is 18.6 Å². The molecule has 1 amide bonds. The van der Waals surface area contributed by atoms with Gasteiger partial charge in [0.1, 0.15) is 28.8 Å². The number of carbonyl (C=O) groups is 1. The minimum Gasteiger partial charge on any atom is -0.312 e. The Morgan fingerprint density at radius 2 is 1.66 bits per heavy atom. The molecule has 3 aromatic carbocycles. The summed E-state index contributed by atoms with van der Waals surface area (Å²) < 4.78 is 31.0. The topological polar surface area (TPSA) is 64.7 Å². The number of amides is 1. The summed E-state index contributed by atoms with van der Waals surface area (Å²) in [5.74, 6) is -0.754. The predicted molar refractivity (Wildman–Crippen MR) is 129 cm³/mol. The molecule has 2 aromatic heterocycles. The third-order valence-corrected chi connectivity index (χ3v) is 5.72. The number of benzene rings is 3. The summed E-state index contributed by atoms with van der Waals surface area (Å²) in [6.07, 6.45) is 3.05. The highest BCUT2D eigenvalue weighted by atomic mass is 19.1. The number of halogens is 2. The Morgan fingerprint density at radius 1 is 0.943 bits per heavy atom. The van der Waals surface area contributed by atoms with E-state index in [4.69, 9.17) is 0 Å². The highest BCUT2D eigenvalue weighted by Gasteiger charge is 2.21. The summed E-state index contributed by atoms with van der Waals surface area (Å²) in [5, 5.41) is 7.18. The number of rotatable bonds is 6. The lowest BCUT2D eigenvalue weighted by Crippen LogP contribution is -2.17. The number of anilines is 1. The third-order valence-electron chi connectivity index (χ3n) is 5.72. The smallest absolute Gasteiger partial charge is 0.260 e. The normalized spacial score (nSPS) is 10.9. The first-order chi connectivity index (χ1) is 17.0. The van der Waals surface area contributed by atoms with Crippen LogP contribution in [0.1, 0.15) is 21.6 Å². The molecule has 6 nitrogen and oxygen atoms in total. The molecular weight excluding hydrogens is 448 g/mol. The maximum absolute atomic E-state index is 14.3. The van der Waals surface area contributed by atoms with E-state index in [1.165, 1.54) is 29.1 Å². The number of hydrogen-bond donors (Lipinski definition) is 1. The van der Waals surface area contributed by atoms with Gasteiger partial charge in [0.2, 0.25) is 0 Å². The fourth-order valence-electron chi connectivity index (χ4n) is 3.91. The molecule has 8 heteroatoms. The molecule has 0 spiro atoms. The largest absolute Gasteiger partial charge is 0.312 e. The second kappa shape index (κ2) is 9.34. The van der Waals surface area contributed by atoms with Crippen LogP contribution < -0.4 is 5.32 Å². The maximum atomic E-state index is 14.3. The summed E-state index contributed by atoms with van der Waals surface area (Å²) in [5.41, 5.74) is 3.23. The molecule has 0 atom stereocenters. The molecule has 0 aliphatic rings. The van der Waals surface area contributed by atoms with E-state index in [-0.39, 0.29) is 11.5 Å². The average molecular weight is 469 g/mol. The van der Waals surface area contributed by atoms with E-state index < -0.39 is 11.7 Å². The molecule has 5 rings (SSSR count). The van der Waals surface area contributed by atoms with Crippen molar-refractivity contribution in [1.82, 2.24) is 19.3 Å². The van der Waals surface area contributed by atoms with E-state index in [1.54, 1.807) is 43.6 Å². The van der Waals surface area contributed by atoms with E-state index in [1.807, 2.05) is 34.9 Å². The van der Waals surface area contributed by atoms with E-state index in [2.05, 4.69) is 15.4 Å². The van der Waals surface area contributed by atoms with Crippen molar-refractivity contribution in [3.63, 3.8) is 0 Å². The first-order valence-electron chi connectivity index (χ1n) is 11.0. The molecule has 0 saturated heterocycles. The first-order valence-corrected chi connectivity index (χ1v) is 11.0. The second-order valence-corrected chi connectivity index (χ2v) is 8.02. The molecule has 5 aromatic rings. The molecule has 0 fully saturated rings. The zero-order valence-corrected chi connectivity index (χ0v) is 18.8. The summed E-state index contributed by atoms with van der Waals surface area (Å²) in [6.45, 7) is 2.18. The maximum Gasteiger partial charge on any atom is 0.260 e. The van der Waals surface area contributed by atoms with Gasteiger partial charge in [0.05, 0.1) is 30.3 Å². The van der Waals surface area contributed by atoms with Crippen LogP contribution in [0.15, 0.2) is 91.4 Å². The van der Waals surface area contributed by atoms with Crippen molar-refractivity contribution in [2.45, 2.75) is 13.5 Å². The van der Waals surface area contributed by atoms with Crippen LogP contribution in [0.3, 0.4) is 0 Å². The molecule has 0 saturated carbocycles. The van der Waals surface area contributed by atoms with Crippen molar-refractivity contribution in [1.29, 1.82) is 0 Å². The molecule has 2 heterocycles. The van der Waals surface area contributed by atoms with E-state index in [0.29, 0.717) is 34.9 Å². The lowest BCUT2D eigenvalue weighted by atomic mass is 10.1. The van der Waals surface area contributed by atoms with Crippen LogP contribution in [0.4, 0.5) is 14.6 Å². The van der Waals surface area contributed by atoms with Crippen LogP contribution in [-0.2, 0) is 6.54 Å². The van der Waals surface area contributed by atoms with E-state index >= 15 is 0 Å². The Hall–Kier alpha value is -4.59. The number of imidazole rings is 1. The summed E-state index contributed by atoms with van der Waals surface area (Å²) >= 11 is 0. The van der Waals surface area contributed by atoms with Crippen molar-refractivity contribution < 1.29 is 13.6 Å². The van der Waals surface area contributed by atoms with Gasteiger partial charge in [-0.1, -0.05) is 42.5 Å². The quantitative estimate of drug-likeness (QED) is 0.351. The van der Waals surface area contributed by atoms with Gasteiger partial charge in [0, 0.05) is 5.56 Å². The summed E-state index contributed by atoms with van der Waals surface area (Å²) in [6, 6.07) is 21.9. The Balaban J connectivity index is 1.51. The molecule has 0 aliphatic heterocycles. The summed E-state index contributed by atoms with van der Waals surface area (Å²) in [7, 11) is 0. The molecule has 0 bridgehead atoms. The van der Waals surface area contributed by atoms with Gasteiger partial charge in [-0.3, -0.25) is 4.79 Å². The standard InChI is InChI=1S/C27H21F2N5O/c1-18-22(15-31-34(18)24-10-6-5-9-23(24)29)27(35)32-26-25(20-11-13-21(28)14-12-20)30-17-33(26)16-19-7-3-2-4-8-19/h2-15,17H,16H2,1H3,(H,32,35). The second-order valence-electron chi connectivity index (χ2n) is 8.02. The van der Waals surface area contributed by atoms with Crippen molar-refractivity contribution >= 4 is 11.7 Å². The number of hydrogen-bond acceptors (Lipinski definition) is 3. The van der Waals surface area contributed by atoms with Crippen LogP contribution in [0.2, 0.25) is 0 Å². The van der Waals surface area contributed by atoms with Crippen molar-refractivity contribution in [2.75, 3.05) is 5.32 Å². The highest BCUT2D eigenvalue weighted by molar-refractivity contribution is 6.06. The Morgan fingerprint density at radius 3 is 2.40 bits per heavy atom. The lowest BCUT2D eigenvalue weighted by Gasteiger charge is -2.12. The fraction of sp³-hybridized carbons (Fsp3) is 0.0741. The van der Waals surface area contributed by atoms with Crippen molar-refractivity contribution in [3.8, 4) is 16.9 Å². The van der Waals surface area contributed by atoms with Crippen LogP contribution in [0.5, 0.6) is 0 Å². The Kier molecular flexibility index (Phi) is 5.93. The molecule has 0 unspecified atom stereocenters. The number of nitrogens with zero attached hydrogens (tertiary/aromatic N) is 4. The third kappa shape index (κ3) is 4.46. The Labute approximate surface area is 200 Å². The van der Waals surface area contributed by atoms with Gasteiger partial charge in [-0.05, 0) is 48.9 Å². The zero-order chi connectivity index (χ0) is 24.4. The van der Waals surface area contributed by atoms with Crippen molar-refractivity contribution in [3.05, 3.63) is 120 Å². The Bertz CT molecular complexity index is 1490. The van der Waals surface area contributed by atoms with Crippen LogP contribution in [0.25, 0.3) is 16.9 Å². The SMILES string of the molecule is Cc1c(C(=O)Nc2c(-c3ccc(F)cc3)ncn2Cc2ccccc2)cnn1-c1ccccc1F. The molecule has 174 valence electrons. The molecular formula is C27H21F2N5O. The zero-order valence-electron chi connectivity index (χ0n) is 18.8. The van der Waals surface area contributed by atoms with Gasteiger partial charge >= 0.3 is 0 Å². The van der Waals surface area contributed by atoms with Crippen LogP contribution in [-0.4, -0.2) is 25.2 Å². The predicted octanol–water partition coefficient (Wildman–Crippen LogP) is 5.62. The number of aromatic nitrogens is 4. The minimum atomic E-state index is -0.440. The minimum absolute atomic E-state index is 0.255. The van der Waals surface area contributed by atoms with E-state index in [0.717, 1.165) is 5.56 Å². The molecule has 35 heavy (non-hydrogen) atoms. The van der Waals surface area contributed by atoms with Gasteiger partial charge in [0.15, 0.2) is 0 Å². The summed E-state index contributed by atoms with van der Waals surface area (Å²) in [4.78, 5) is 17.8. The fourth-order valence-corrected chi connectivity index (χ4v) is 3.91. The number of para-hydroxylation sites is 1. The lowest BCUT2D eigenvalue weighted by molar-refractivity contribution is 0.102. The molecule has 1 N–H and O–H groups in total. The van der Waals surface area contributed by atoms with Crippen molar-refractivity contribution in [2.24, 2.45) is 0 Å². The average Bonchev–Trinajstić information content (AvgIpc) is 3.44. The monoisotopic (exact) mass is 469 g/mol. The number of nitrogens with one attached hydrogen (secondary N) is 1. The number of carbonyl (C=O) groups excluding carboxylic acids is 1. The van der Waals surface area contributed by atoms with E-state index in [9.17, 15) is 13.6 Å². The van der Waals surface area contributed by atoms with Gasteiger partial charge < -0.3 is 9.88 Å². The first kappa shape index (κ1) is 22.2. The molecule has 0 aliphatic carbocycles. The van der Waals surface area contributed by atoms with Gasteiger partial charge in [-0.15, -0.1) is 0 Å². The van der Waals surface area contributed by atoms with Gasteiger partial charge in [0.25, 0.3) is 5.91 Å². The highest BCUT2D eigenvalue weighted by Crippen LogP contribution is 2.29.